The first-order valence-corrected chi connectivity index (χ1v) is 5.19. The third kappa shape index (κ3) is 1.65. The number of aryl methyl sites for hydroxylation is 1. The summed E-state index contributed by atoms with van der Waals surface area (Å²) in [6.07, 6.45) is 3.58. The van der Waals surface area contributed by atoms with Crippen LogP contribution in [0.25, 0.3) is 0 Å². The Kier molecular flexibility index (Phi) is 2.53. The van der Waals surface area contributed by atoms with Gasteiger partial charge in [-0.05, 0) is 37.8 Å². The highest BCUT2D eigenvalue weighted by molar-refractivity contribution is 5.94. The van der Waals surface area contributed by atoms with Gasteiger partial charge in [-0.3, -0.25) is 5.41 Å². The van der Waals surface area contributed by atoms with Crippen molar-refractivity contribution in [3.05, 3.63) is 29.8 Å². The number of nitrogens with one attached hydrogen (secondary N) is 1. The van der Waals surface area contributed by atoms with Crippen LogP contribution in [0.2, 0.25) is 0 Å². The van der Waals surface area contributed by atoms with Crippen molar-refractivity contribution >= 4 is 11.5 Å². The van der Waals surface area contributed by atoms with Gasteiger partial charge in [-0.25, -0.2) is 0 Å². The summed E-state index contributed by atoms with van der Waals surface area (Å²) in [5.41, 5.74) is 2.62. The quantitative estimate of drug-likeness (QED) is 0.492. The lowest BCUT2D eigenvalue weighted by atomic mass is 10.1. The van der Waals surface area contributed by atoms with Crippen molar-refractivity contribution in [3.63, 3.8) is 0 Å². The molecule has 0 bridgehead atoms. The van der Waals surface area contributed by atoms with Crippen LogP contribution in [0.1, 0.15) is 25.3 Å². The average molecular weight is 188 g/mol. The number of fused-ring (bicyclic) bond motifs is 1. The number of rotatable bonds is 0. The normalized spacial score (nSPS) is 15.9. The van der Waals surface area contributed by atoms with Gasteiger partial charge in [-0.1, -0.05) is 18.2 Å². The van der Waals surface area contributed by atoms with Gasteiger partial charge in [-0.15, -0.1) is 0 Å². The molecule has 1 aliphatic heterocycles. The highest BCUT2D eigenvalue weighted by atomic mass is 15.2. The molecule has 0 saturated carbocycles. The second kappa shape index (κ2) is 3.82. The SMILES string of the molecule is CC(=N)N1CCCCc2ccccc21. The van der Waals surface area contributed by atoms with E-state index in [1.165, 1.54) is 24.1 Å². The minimum Gasteiger partial charge on any atom is -0.330 e. The molecule has 0 amide bonds. The Morgan fingerprint density at radius 2 is 2.07 bits per heavy atom. The summed E-state index contributed by atoms with van der Waals surface area (Å²) in [4.78, 5) is 2.11. The van der Waals surface area contributed by atoms with Crippen LogP contribution >= 0.6 is 0 Å². The first-order valence-electron chi connectivity index (χ1n) is 5.19. The van der Waals surface area contributed by atoms with Crippen LogP contribution in [0.4, 0.5) is 5.69 Å². The molecule has 1 heterocycles. The van der Waals surface area contributed by atoms with E-state index in [0.717, 1.165) is 13.0 Å². The van der Waals surface area contributed by atoms with Gasteiger partial charge in [0.2, 0.25) is 0 Å². The first kappa shape index (κ1) is 9.25. The molecule has 0 saturated heterocycles. The Morgan fingerprint density at radius 3 is 2.86 bits per heavy atom. The van der Waals surface area contributed by atoms with Crippen molar-refractivity contribution in [2.24, 2.45) is 0 Å². The molecule has 2 nitrogen and oxygen atoms in total. The molecule has 1 aliphatic rings. The molecule has 14 heavy (non-hydrogen) atoms. The van der Waals surface area contributed by atoms with Crippen LogP contribution in [0.5, 0.6) is 0 Å². The molecular weight excluding hydrogens is 172 g/mol. The largest absolute Gasteiger partial charge is 0.330 e. The van der Waals surface area contributed by atoms with Crippen molar-refractivity contribution in [1.29, 1.82) is 5.41 Å². The standard InChI is InChI=1S/C12H16N2/c1-10(13)14-9-5-4-7-11-6-2-3-8-12(11)14/h2-3,6,8,13H,4-5,7,9H2,1H3. The highest BCUT2D eigenvalue weighted by Crippen LogP contribution is 2.25. The van der Waals surface area contributed by atoms with E-state index in [-0.39, 0.29) is 0 Å². The maximum atomic E-state index is 7.74. The Bertz CT molecular complexity index is 344. The molecule has 0 fully saturated rings. The number of para-hydroxylation sites is 1. The topological polar surface area (TPSA) is 27.1 Å². The molecule has 1 aromatic carbocycles. The molecule has 1 aromatic rings. The molecule has 0 atom stereocenters. The van der Waals surface area contributed by atoms with E-state index in [1.807, 2.05) is 6.92 Å². The fourth-order valence-electron chi connectivity index (χ4n) is 2.04. The third-order valence-corrected chi connectivity index (χ3v) is 2.77. The molecule has 2 rings (SSSR count). The fraction of sp³-hybridized carbons (Fsp3) is 0.417. The molecule has 0 radical (unpaired) electrons. The number of hydrogen-bond acceptors (Lipinski definition) is 1. The lowest BCUT2D eigenvalue weighted by Crippen LogP contribution is -2.28. The summed E-state index contributed by atoms with van der Waals surface area (Å²) in [5.74, 6) is 0.652. The summed E-state index contributed by atoms with van der Waals surface area (Å²) in [7, 11) is 0. The zero-order valence-corrected chi connectivity index (χ0v) is 8.59. The predicted molar refractivity (Wildman–Crippen MR) is 60.1 cm³/mol. The number of hydrogen-bond donors (Lipinski definition) is 1. The second-order valence-electron chi connectivity index (χ2n) is 3.82. The van der Waals surface area contributed by atoms with Crippen molar-refractivity contribution in [2.75, 3.05) is 11.4 Å². The highest BCUT2D eigenvalue weighted by Gasteiger charge is 2.15. The van der Waals surface area contributed by atoms with Crippen LogP contribution in [0.15, 0.2) is 24.3 Å². The van der Waals surface area contributed by atoms with Gasteiger partial charge < -0.3 is 4.90 Å². The van der Waals surface area contributed by atoms with E-state index in [4.69, 9.17) is 5.41 Å². The molecule has 74 valence electrons. The van der Waals surface area contributed by atoms with Crippen molar-refractivity contribution in [3.8, 4) is 0 Å². The second-order valence-corrected chi connectivity index (χ2v) is 3.82. The van der Waals surface area contributed by atoms with Crippen molar-refractivity contribution < 1.29 is 0 Å². The van der Waals surface area contributed by atoms with Gasteiger partial charge in [-0.2, -0.15) is 0 Å². The summed E-state index contributed by atoms with van der Waals surface area (Å²) in [6.45, 7) is 2.86. The molecule has 2 heteroatoms. The van der Waals surface area contributed by atoms with E-state index in [9.17, 15) is 0 Å². The first-order chi connectivity index (χ1) is 6.79. The van der Waals surface area contributed by atoms with E-state index < -0.39 is 0 Å². The van der Waals surface area contributed by atoms with Gasteiger partial charge in [0.15, 0.2) is 0 Å². The monoisotopic (exact) mass is 188 g/mol. The maximum absolute atomic E-state index is 7.74. The summed E-state index contributed by atoms with van der Waals surface area (Å²) < 4.78 is 0. The van der Waals surface area contributed by atoms with Crippen LogP contribution in [-0.4, -0.2) is 12.4 Å². The van der Waals surface area contributed by atoms with Crippen LogP contribution < -0.4 is 4.90 Å². The van der Waals surface area contributed by atoms with Crippen LogP contribution in [0, 0.1) is 5.41 Å². The average Bonchev–Trinajstić information content (AvgIpc) is 2.39. The smallest absolute Gasteiger partial charge is 0.0970 e. The number of nitrogens with zero attached hydrogens (tertiary/aromatic N) is 1. The molecule has 0 aliphatic carbocycles. The summed E-state index contributed by atoms with van der Waals surface area (Å²) in [5, 5.41) is 7.74. The molecule has 0 unspecified atom stereocenters. The fourth-order valence-corrected chi connectivity index (χ4v) is 2.04. The Hall–Kier alpha value is -1.31. The van der Waals surface area contributed by atoms with E-state index in [2.05, 4.69) is 29.2 Å². The number of amidine groups is 1. The summed E-state index contributed by atoms with van der Waals surface area (Å²) in [6, 6.07) is 8.44. The minimum atomic E-state index is 0.652. The lowest BCUT2D eigenvalue weighted by molar-refractivity contribution is 0.765. The van der Waals surface area contributed by atoms with E-state index >= 15 is 0 Å². The molecule has 0 aromatic heterocycles. The van der Waals surface area contributed by atoms with Crippen molar-refractivity contribution in [1.82, 2.24) is 0 Å². The Morgan fingerprint density at radius 1 is 1.29 bits per heavy atom. The summed E-state index contributed by atoms with van der Waals surface area (Å²) >= 11 is 0. The van der Waals surface area contributed by atoms with Crippen LogP contribution in [-0.2, 0) is 6.42 Å². The van der Waals surface area contributed by atoms with Gasteiger partial charge in [0.1, 0.15) is 0 Å². The Labute approximate surface area is 85.1 Å². The van der Waals surface area contributed by atoms with Crippen molar-refractivity contribution in [2.45, 2.75) is 26.2 Å². The molecular formula is C12H16N2. The third-order valence-electron chi connectivity index (χ3n) is 2.77. The zero-order chi connectivity index (χ0) is 9.97. The number of anilines is 1. The number of benzene rings is 1. The maximum Gasteiger partial charge on any atom is 0.0970 e. The Balaban J connectivity index is 2.42. The van der Waals surface area contributed by atoms with Crippen LogP contribution in [0.3, 0.4) is 0 Å². The lowest BCUT2D eigenvalue weighted by Gasteiger charge is -2.23. The van der Waals surface area contributed by atoms with Gasteiger partial charge in [0, 0.05) is 12.2 Å². The molecule has 1 N–H and O–H groups in total. The predicted octanol–water partition coefficient (Wildman–Crippen LogP) is 2.83. The van der Waals surface area contributed by atoms with E-state index in [1.54, 1.807) is 0 Å². The van der Waals surface area contributed by atoms with Gasteiger partial charge in [0.25, 0.3) is 0 Å². The molecule has 0 spiro atoms. The minimum absolute atomic E-state index is 0.652. The van der Waals surface area contributed by atoms with Gasteiger partial charge >= 0.3 is 0 Å². The zero-order valence-electron chi connectivity index (χ0n) is 8.59. The van der Waals surface area contributed by atoms with E-state index in [0.29, 0.717) is 5.84 Å². The van der Waals surface area contributed by atoms with Gasteiger partial charge in [0.05, 0.1) is 5.84 Å².